The Bertz CT molecular complexity index is 842. The summed E-state index contributed by atoms with van der Waals surface area (Å²) in [6.07, 6.45) is -1.18. The number of aliphatic hydroxyl groups is 1. The number of anilines is 1. The molecular weight excluding hydrogens is 376 g/mol. The molecule has 2 aromatic rings. The third kappa shape index (κ3) is 5.10. The molecule has 8 nitrogen and oxygen atoms in total. The van der Waals surface area contributed by atoms with E-state index in [0.717, 1.165) is 5.69 Å². The van der Waals surface area contributed by atoms with Gasteiger partial charge in [0, 0.05) is 18.8 Å². The summed E-state index contributed by atoms with van der Waals surface area (Å²) in [6.45, 7) is 0.0149. The fraction of sp³-hybridized carbons (Fsp3) is 0.381. The fourth-order valence-corrected chi connectivity index (χ4v) is 2.91. The zero-order chi connectivity index (χ0) is 21.6. The van der Waals surface area contributed by atoms with E-state index in [1.165, 1.54) is 14.2 Å². The zero-order valence-corrected chi connectivity index (χ0v) is 17.3. The molecule has 0 fully saturated rings. The molecule has 0 spiro atoms. The molecule has 0 aliphatic rings. The molecule has 2 rings (SSSR count). The monoisotopic (exact) mass is 404 g/mol. The minimum absolute atomic E-state index is 0.0149. The Labute approximate surface area is 170 Å². The maximum Gasteiger partial charge on any atom is 0.171 e. The number of hydrogen-bond donors (Lipinski definition) is 2. The van der Waals surface area contributed by atoms with Crippen LogP contribution < -0.4 is 29.6 Å². The fourth-order valence-electron chi connectivity index (χ4n) is 2.91. The predicted molar refractivity (Wildman–Crippen MR) is 110 cm³/mol. The number of nitrogens with two attached hydrogens (primary N) is 1. The van der Waals surface area contributed by atoms with Crippen LogP contribution in [0.1, 0.15) is 11.7 Å². The summed E-state index contributed by atoms with van der Waals surface area (Å²) in [4.78, 5) is 14.4. The minimum Gasteiger partial charge on any atom is -0.493 e. The van der Waals surface area contributed by atoms with Crippen LogP contribution in [0, 0.1) is 0 Å². The average molecular weight is 404 g/mol. The van der Waals surface area contributed by atoms with Crippen molar-refractivity contribution in [3.63, 3.8) is 0 Å². The average Bonchev–Trinajstić information content (AvgIpc) is 2.76. The van der Waals surface area contributed by atoms with E-state index in [9.17, 15) is 9.90 Å². The predicted octanol–water partition coefficient (Wildman–Crippen LogP) is 1.79. The molecule has 0 aromatic heterocycles. The molecular formula is C21H28N2O6. The van der Waals surface area contributed by atoms with Gasteiger partial charge in [-0.1, -0.05) is 6.07 Å². The van der Waals surface area contributed by atoms with Crippen molar-refractivity contribution in [2.45, 2.75) is 12.1 Å². The number of methoxy groups -OCH3 is 4. The molecule has 2 unspecified atom stereocenters. The lowest BCUT2D eigenvalue weighted by Gasteiger charge is -2.24. The van der Waals surface area contributed by atoms with Gasteiger partial charge in [0.15, 0.2) is 28.8 Å². The first-order valence-corrected chi connectivity index (χ1v) is 8.97. The molecule has 2 aromatic carbocycles. The first kappa shape index (κ1) is 22.3. The van der Waals surface area contributed by atoms with E-state index in [4.69, 9.17) is 24.7 Å². The molecule has 8 heteroatoms. The number of carbonyl (C=O) groups excluding carboxylic acids is 1. The molecule has 0 radical (unpaired) electrons. The summed E-state index contributed by atoms with van der Waals surface area (Å²) >= 11 is 0. The van der Waals surface area contributed by atoms with Gasteiger partial charge in [0.2, 0.25) is 0 Å². The van der Waals surface area contributed by atoms with Gasteiger partial charge in [-0.2, -0.15) is 0 Å². The van der Waals surface area contributed by atoms with Crippen LogP contribution in [0.3, 0.4) is 0 Å². The topological polar surface area (TPSA) is 103 Å². The Balaban J connectivity index is 2.11. The van der Waals surface area contributed by atoms with E-state index < -0.39 is 12.1 Å². The van der Waals surface area contributed by atoms with E-state index >= 15 is 0 Å². The van der Waals surface area contributed by atoms with Crippen molar-refractivity contribution in [2.24, 2.45) is 5.73 Å². The van der Waals surface area contributed by atoms with Crippen LogP contribution in [0.25, 0.3) is 0 Å². The minimum atomic E-state index is -1.18. The number of Topliss-reactive ketones (excluding diaryl/α,β-unsaturated/α-hetero) is 1. The smallest absolute Gasteiger partial charge is 0.171 e. The highest BCUT2D eigenvalue weighted by atomic mass is 16.5. The number of ketones is 1. The quantitative estimate of drug-likeness (QED) is 0.618. The summed E-state index contributed by atoms with van der Waals surface area (Å²) in [5.74, 6) is 1.81. The van der Waals surface area contributed by atoms with E-state index in [1.807, 2.05) is 6.07 Å². The normalized spacial score (nSPS) is 12.7. The molecule has 0 saturated carbocycles. The van der Waals surface area contributed by atoms with Gasteiger partial charge in [-0.05, 0) is 29.8 Å². The number of rotatable bonds is 10. The number of ether oxygens (including phenoxy) is 4. The van der Waals surface area contributed by atoms with Gasteiger partial charge in [-0.25, -0.2) is 0 Å². The SMILES string of the molecule is COc1ccc(C(O)C(N)C(=O)CN(C)c2ccc(OC)c(OC)c2)cc1OC. The number of likely N-dealkylation sites (N-methyl/N-ethyl adjacent to an activating group) is 1. The van der Waals surface area contributed by atoms with Crippen LogP contribution in [0.15, 0.2) is 36.4 Å². The van der Waals surface area contributed by atoms with Crippen LogP contribution in [0.2, 0.25) is 0 Å². The van der Waals surface area contributed by atoms with Crippen molar-refractivity contribution >= 4 is 11.5 Å². The number of benzene rings is 2. The standard InChI is InChI=1S/C21H28N2O6/c1-23(14-7-9-17(27-3)19(11-14)29-5)12-15(24)20(22)21(25)13-6-8-16(26-2)18(10-13)28-4/h6-11,20-21,25H,12,22H2,1-5H3. The Hall–Kier alpha value is -2.97. The lowest BCUT2D eigenvalue weighted by Crippen LogP contribution is -2.42. The summed E-state index contributed by atoms with van der Waals surface area (Å²) < 4.78 is 20.9. The number of hydrogen-bond acceptors (Lipinski definition) is 8. The largest absolute Gasteiger partial charge is 0.493 e. The van der Waals surface area contributed by atoms with Crippen molar-refractivity contribution < 1.29 is 28.8 Å². The van der Waals surface area contributed by atoms with E-state index in [0.29, 0.717) is 28.6 Å². The van der Waals surface area contributed by atoms with E-state index in [2.05, 4.69) is 0 Å². The number of carbonyl (C=O) groups is 1. The van der Waals surface area contributed by atoms with Gasteiger partial charge in [0.25, 0.3) is 0 Å². The highest BCUT2D eigenvalue weighted by molar-refractivity contribution is 5.89. The third-order valence-corrected chi connectivity index (χ3v) is 4.66. The Morgan fingerprint density at radius 3 is 2.00 bits per heavy atom. The molecule has 0 amide bonds. The van der Waals surface area contributed by atoms with E-state index in [1.54, 1.807) is 56.5 Å². The van der Waals surface area contributed by atoms with Crippen molar-refractivity contribution in [1.29, 1.82) is 0 Å². The maximum atomic E-state index is 12.7. The molecule has 158 valence electrons. The summed E-state index contributed by atoms with van der Waals surface area (Å²) in [7, 11) is 7.88. The highest BCUT2D eigenvalue weighted by Gasteiger charge is 2.26. The van der Waals surface area contributed by atoms with Gasteiger partial charge in [0.1, 0.15) is 6.10 Å². The van der Waals surface area contributed by atoms with Crippen LogP contribution in [0.5, 0.6) is 23.0 Å². The Morgan fingerprint density at radius 1 is 0.931 bits per heavy atom. The second-order valence-corrected chi connectivity index (χ2v) is 6.45. The third-order valence-electron chi connectivity index (χ3n) is 4.66. The summed E-state index contributed by atoms with van der Waals surface area (Å²) in [5.41, 5.74) is 7.26. The highest BCUT2D eigenvalue weighted by Crippen LogP contribution is 2.32. The first-order valence-electron chi connectivity index (χ1n) is 8.97. The molecule has 0 aliphatic carbocycles. The van der Waals surface area contributed by atoms with Crippen LogP contribution >= 0.6 is 0 Å². The van der Waals surface area contributed by atoms with Gasteiger partial charge in [-0.3, -0.25) is 4.79 Å². The van der Waals surface area contributed by atoms with Crippen molar-refractivity contribution in [3.8, 4) is 23.0 Å². The molecule has 0 aliphatic heterocycles. The van der Waals surface area contributed by atoms with Gasteiger partial charge >= 0.3 is 0 Å². The molecule has 3 N–H and O–H groups in total. The molecule has 29 heavy (non-hydrogen) atoms. The van der Waals surface area contributed by atoms with Crippen molar-refractivity contribution in [2.75, 3.05) is 46.9 Å². The Morgan fingerprint density at radius 2 is 1.45 bits per heavy atom. The molecule has 0 heterocycles. The molecule has 0 saturated heterocycles. The van der Waals surface area contributed by atoms with Crippen molar-refractivity contribution in [3.05, 3.63) is 42.0 Å². The lowest BCUT2D eigenvalue weighted by molar-refractivity contribution is -0.121. The Kier molecular flexibility index (Phi) is 7.69. The second-order valence-electron chi connectivity index (χ2n) is 6.45. The molecule has 0 bridgehead atoms. The summed E-state index contributed by atoms with van der Waals surface area (Å²) in [5, 5.41) is 10.6. The maximum absolute atomic E-state index is 12.7. The van der Waals surface area contributed by atoms with Gasteiger partial charge in [0.05, 0.1) is 41.0 Å². The lowest BCUT2D eigenvalue weighted by atomic mass is 9.99. The van der Waals surface area contributed by atoms with Crippen LogP contribution in [0.4, 0.5) is 5.69 Å². The van der Waals surface area contributed by atoms with Crippen molar-refractivity contribution in [1.82, 2.24) is 0 Å². The van der Waals surface area contributed by atoms with E-state index in [-0.39, 0.29) is 12.3 Å². The second kappa shape index (κ2) is 9.99. The van der Waals surface area contributed by atoms with Crippen LogP contribution in [-0.4, -0.2) is 59.0 Å². The zero-order valence-electron chi connectivity index (χ0n) is 17.3. The van der Waals surface area contributed by atoms with Gasteiger partial charge < -0.3 is 34.7 Å². The van der Waals surface area contributed by atoms with Gasteiger partial charge in [-0.15, -0.1) is 0 Å². The first-order chi connectivity index (χ1) is 13.9. The number of nitrogens with zero attached hydrogens (tertiary/aromatic N) is 1. The number of aliphatic hydroxyl groups excluding tert-OH is 1. The molecule has 2 atom stereocenters. The summed E-state index contributed by atoms with van der Waals surface area (Å²) in [6, 6.07) is 9.15. The van der Waals surface area contributed by atoms with Crippen LogP contribution in [-0.2, 0) is 4.79 Å².